The van der Waals surface area contributed by atoms with Gasteiger partial charge in [0.25, 0.3) is 0 Å². The lowest BCUT2D eigenvalue weighted by atomic mass is 10.2. The first-order valence-electron chi connectivity index (χ1n) is 8.48. The van der Waals surface area contributed by atoms with E-state index in [0.717, 1.165) is 28.0 Å². The van der Waals surface area contributed by atoms with Crippen LogP contribution in [0.2, 0.25) is 0 Å². The lowest BCUT2D eigenvalue weighted by molar-refractivity contribution is -0.116. The predicted octanol–water partition coefficient (Wildman–Crippen LogP) is 1.90. The Bertz CT molecular complexity index is 1170. The van der Waals surface area contributed by atoms with Gasteiger partial charge >= 0.3 is 0 Å². The second kappa shape index (κ2) is 7.12. The largest absolute Gasteiger partial charge is 0.497 e. The third-order valence-corrected chi connectivity index (χ3v) is 6.34. The van der Waals surface area contributed by atoms with Crippen molar-refractivity contribution < 1.29 is 17.9 Å². The number of aromatic amines is 1. The van der Waals surface area contributed by atoms with Gasteiger partial charge in [-0.15, -0.1) is 0 Å². The van der Waals surface area contributed by atoms with Gasteiger partial charge in [0.05, 0.1) is 28.8 Å². The molecular weight excluding hydrogens is 400 g/mol. The molecule has 0 saturated carbocycles. The molecule has 0 spiro atoms. The maximum absolute atomic E-state index is 12.7. The highest BCUT2D eigenvalue weighted by atomic mass is 32.2. The zero-order chi connectivity index (χ0) is 19.9. The van der Waals surface area contributed by atoms with E-state index in [1.54, 1.807) is 18.1 Å². The van der Waals surface area contributed by atoms with Crippen LogP contribution < -0.4 is 14.8 Å². The normalized spacial score (nSPS) is 13.7. The molecule has 0 aliphatic carbocycles. The standard InChI is InChI=1S/C18H18N4O4S2/c1-26-12-2-4-14-15(9-12)21-18(20-14)27-10-17(23)22-7-6-11-8-13(28(19,24)25)3-5-16(11)22/h2-5,8-9H,6-7,10H2,1H3,(H,20,21)(H2,19,24,25). The summed E-state index contributed by atoms with van der Waals surface area (Å²) in [5, 5.41) is 5.83. The van der Waals surface area contributed by atoms with E-state index >= 15 is 0 Å². The van der Waals surface area contributed by atoms with Gasteiger partial charge in [-0.3, -0.25) is 4.79 Å². The number of nitrogens with one attached hydrogen (secondary N) is 1. The summed E-state index contributed by atoms with van der Waals surface area (Å²) in [6.07, 6.45) is 0.597. The molecule has 1 aromatic heterocycles. The molecule has 4 rings (SSSR count). The number of rotatable bonds is 5. The average Bonchev–Trinajstić information content (AvgIpc) is 3.27. The topological polar surface area (TPSA) is 118 Å². The maximum Gasteiger partial charge on any atom is 0.238 e. The first kappa shape index (κ1) is 18.8. The van der Waals surface area contributed by atoms with Crippen molar-refractivity contribution >= 4 is 44.4 Å². The van der Waals surface area contributed by atoms with Crippen molar-refractivity contribution in [3.05, 3.63) is 42.0 Å². The van der Waals surface area contributed by atoms with Crippen LogP contribution in [0, 0.1) is 0 Å². The average molecular weight is 419 g/mol. The summed E-state index contributed by atoms with van der Waals surface area (Å²) in [4.78, 5) is 22.1. The van der Waals surface area contributed by atoms with E-state index in [4.69, 9.17) is 9.88 Å². The van der Waals surface area contributed by atoms with E-state index < -0.39 is 10.0 Å². The Morgan fingerprint density at radius 3 is 2.89 bits per heavy atom. The number of anilines is 1. The van der Waals surface area contributed by atoms with Crippen LogP contribution in [0.15, 0.2) is 46.5 Å². The fourth-order valence-electron chi connectivity index (χ4n) is 3.18. The SMILES string of the molecule is COc1ccc2nc(SCC(=O)N3CCc4cc(S(N)(=O)=O)ccc43)[nH]c2c1. The van der Waals surface area contributed by atoms with Crippen LogP contribution in [0.5, 0.6) is 5.75 Å². The number of imidazole rings is 1. The first-order chi connectivity index (χ1) is 13.3. The predicted molar refractivity (Wildman–Crippen MR) is 107 cm³/mol. The lowest BCUT2D eigenvalue weighted by Gasteiger charge is -2.17. The van der Waals surface area contributed by atoms with Gasteiger partial charge in [0.15, 0.2) is 5.16 Å². The number of carbonyl (C=O) groups is 1. The summed E-state index contributed by atoms with van der Waals surface area (Å²) in [5.41, 5.74) is 3.18. The van der Waals surface area contributed by atoms with Crippen LogP contribution in [0.1, 0.15) is 5.56 Å². The Hall–Kier alpha value is -2.56. The highest BCUT2D eigenvalue weighted by Crippen LogP contribution is 2.31. The molecule has 28 heavy (non-hydrogen) atoms. The lowest BCUT2D eigenvalue weighted by Crippen LogP contribution is -2.30. The number of primary sulfonamides is 1. The summed E-state index contributed by atoms with van der Waals surface area (Å²) < 4.78 is 28.2. The van der Waals surface area contributed by atoms with E-state index in [9.17, 15) is 13.2 Å². The number of amides is 1. The van der Waals surface area contributed by atoms with Crippen molar-refractivity contribution in [3.8, 4) is 5.75 Å². The van der Waals surface area contributed by atoms with E-state index in [0.29, 0.717) is 18.1 Å². The number of fused-ring (bicyclic) bond motifs is 2. The Kier molecular flexibility index (Phi) is 4.77. The summed E-state index contributed by atoms with van der Waals surface area (Å²) in [6, 6.07) is 10.2. The summed E-state index contributed by atoms with van der Waals surface area (Å²) in [5.74, 6) is 0.884. The molecule has 0 unspecified atom stereocenters. The molecule has 2 aromatic carbocycles. The summed E-state index contributed by atoms with van der Waals surface area (Å²) in [6.45, 7) is 0.514. The molecule has 1 aliphatic rings. The third kappa shape index (κ3) is 3.58. The number of nitrogens with two attached hydrogens (primary N) is 1. The molecule has 146 valence electrons. The van der Waals surface area contributed by atoms with E-state index in [-0.39, 0.29) is 16.6 Å². The molecule has 2 heterocycles. The van der Waals surface area contributed by atoms with Gasteiger partial charge in [-0.05, 0) is 42.3 Å². The number of aromatic nitrogens is 2. The van der Waals surface area contributed by atoms with Crippen LogP contribution in [0.25, 0.3) is 11.0 Å². The Labute approximate surface area is 166 Å². The number of sulfonamides is 1. The van der Waals surface area contributed by atoms with Crippen molar-refractivity contribution in [1.29, 1.82) is 0 Å². The van der Waals surface area contributed by atoms with E-state index in [1.165, 1.54) is 23.9 Å². The second-order valence-corrected chi connectivity index (χ2v) is 8.87. The minimum atomic E-state index is -3.76. The molecule has 0 radical (unpaired) electrons. The highest BCUT2D eigenvalue weighted by Gasteiger charge is 2.26. The summed E-state index contributed by atoms with van der Waals surface area (Å²) in [7, 11) is -2.15. The number of nitrogens with zero attached hydrogens (tertiary/aromatic N) is 2. The Balaban J connectivity index is 1.47. The van der Waals surface area contributed by atoms with Crippen molar-refractivity contribution in [2.24, 2.45) is 5.14 Å². The number of carbonyl (C=O) groups excluding carboxylic acids is 1. The Morgan fingerprint density at radius 2 is 2.14 bits per heavy atom. The molecule has 3 N–H and O–H groups in total. The number of methoxy groups -OCH3 is 1. The van der Waals surface area contributed by atoms with Crippen LogP contribution >= 0.6 is 11.8 Å². The summed E-state index contributed by atoms with van der Waals surface area (Å²) >= 11 is 1.32. The Morgan fingerprint density at radius 1 is 1.32 bits per heavy atom. The van der Waals surface area contributed by atoms with E-state index in [2.05, 4.69) is 9.97 Å². The molecular formula is C18H18N4O4S2. The van der Waals surface area contributed by atoms with Gasteiger partial charge in [-0.2, -0.15) is 0 Å². The highest BCUT2D eigenvalue weighted by molar-refractivity contribution is 7.99. The molecule has 1 aliphatic heterocycles. The smallest absolute Gasteiger partial charge is 0.238 e. The van der Waals surface area contributed by atoms with Crippen LogP contribution in [0.4, 0.5) is 5.69 Å². The number of hydrogen-bond acceptors (Lipinski definition) is 6. The van der Waals surface area contributed by atoms with Gasteiger partial charge in [-0.25, -0.2) is 18.5 Å². The second-order valence-electron chi connectivity index (χ2n) is 6.34. The molecule has 8 nitrogen and oxygen atoms in total. The van der Waals surface area contributed by atoms with Crippen molar-refractivity contribution in [2.45, 2.75) is 16.5 Å². The molecule has 0 saturated heterocycles. The van der Waals surface area contributed by atoms with Gasteiger partial charge in [0.2, 0.25) is 15.9 Å². The maximum atomic E-state index is 12.7. The molecule has 0 atom stereocenters. The fraction of sp³-hybridized carbons (Fsp3) is 0.222. The molecule has 1 amide bonds. The number of benzene rings is 2. The minimum absolute atomic E-state index is 0.0626. The number of thioether (sulfide) groups is 1. The molecule has 10 heteroatoms. The quantitative estimate of drug-likeness (QED) is 0.611. The van der Waals surface area contributed by atoms with Gasteiger partial charge in [-0.1, -0.05) is 11.8 Å². The van der Waals surface area contributed by atoms with Crippen LogP contribution in [0.3, 0.4) is 0 Å². The van der Waals surface area contributed by atoms with Gasteiger partial charge < -0.3 is 14.6 Å². The van der Waals surface area contributed by atoms with Crippen LogP contribution in [-0.2, 0) is 21.2 Å². The van der Waals surface area contributed by atoms with Crippen molar-refractivity contribution in [3.63, 3.8) is 0 Å². The number of ether oxygens (including phenoxy) is 1. The van der Waals surface area contributed by atoms with Gasteiger partial charge in [0, 0.05) is 18.3 Å². The van der Waals surface area contributed by atoms with Gasteiger partial charge in [0.1, 0.15) is 5.75 Å². The molecule has 0 bridgehead atoms. The van der Waals surface area contributed by atoms with Crippen molar-refractivity contribution in [1.82, 2.24) is 9.97 Å². The molecule has 3 aromatic rings. The third-order valence-electron chi connectivity index (χ3n) is 4.58. The monoisotopic (exact) mass is 418 g/mol. The fourth-order valence-corrected chi connectivity index (χ4v) is 4.51. The minimum Gasteiger partial charge on any atom is -0.497 e. The zero-order valence-electron chi connectivity index (χ0n) is 15.0. The first-order valence-corrected chi connectivity index (χ1v) is 11.0. The van der Waals surface area contributed by atoms with Crippen molar-refractivity contribution in [2.75, 3.05) is 24.3 Å². The molecule has 0 fully saturated rings. The number of hydrogen-bond donors (Lipinski definition) is 2. The van der Waals surface area contributed by atoms with Crippen LogP contribution in [-0.4, -0.2) is 43.7 Å². The zero-order valence-corrected chi connectivity index (χ0v) is 16.6. The number of H-pyrrole nitrogens is 1. The van der Waals surface area contributed by atoms with E-state index in [1.807, 2.05) is 18.2 Å².